The Balaban J connectivity index is 1.49. The number of carbonyl (C=O) groups excluding carboxylic acids is 1. The maximum absolute atomic E-state index is 13.8. The van der Waals surface area contributed by atoms with Crippen molar-refractivity contribution >= 4 is 23.3 Å². The monoisotopic (exact) mass is 444 g/mol. The van der Waals surface area contributed by atoms with Gasteiger partial charge in [-0.05, 0) is 60.5 Å². The lowest BCUT2D eigenvalue weighted by molar-refractivity contribution is -0.138. The summed E-state index contributed by atoms with van der Waals surface area (Å²) in [6.07, 6.45) is -3.64. The average Bonchev–Trinajstić information content (AvgIpc) is 3.08. The van der Waals surface area contributed by atoms with Gasteiger partial charge in [-0.3, -0.25) is 0 Å². The molecule has 0 heterocycles. The molecule has 3 rings (SSSR count). The molecule has 2 N–H and O–H groups in total. The number of thiocarbonyl (C=S) groups is 1. The van der Waals surface area contributed by atoms with Crippen molar-refractivity contribution in [3.63, 3.8) is 0 Å². The van der Waals surface area contributed by atoms with Crippen molar-refractivity contribution < 1.29 is 31.5 Å². The molecule has 0 aliphatic heterocycles. The summed E-state index contributed by atoms with van der Waals surface area (Å²) in [6.45, 7) is -0.214. The summed E-state index contributed by atoms with van der Waals surface area (Å²) in [7, 11) is 0. The summed E-state index contributed by atoms with van der Waals surface area (Å²) in [5.74, 6) is -2.59. The van der Waals surface area contributed by atoms with Crippen LogP contribution in [0, 0.1) is 11.6 Å². The number of esters is 1. The molecule has 0 aromatic heterocycles. The minimum atomic E-state index is -4.89. The van der Waals surface area contributed by atoms with E-state index in [0.717, 1.165) is 17.7 Å². The largest absolute Gasteiger partial charge is 0.460 e. The van der Waals surface area contributed by atoms with E-state index in [2.05, 4.69) is 10.6 Å². The highest BCUT2D eigenvalue weighted by Crippen LogP contribution is 2.33. The first-order valence-electron chi connectivity index (χ1n) is 9.02. The lowest BCUT2D eigenvalue weighted by atomic mass is 10.1. The molecule has 160 valence electrons. The maximum atomic E-state index is 13.8. The van der Waals surface area contributed by atoms with Crippen molar-refractivity contribution in [2.45, 2.75) is 25.1 Å². The molecule has 0 amide bonds. The second-order valence-corrected chi connectivity index (χ2v) is 7.03. The molecule has 4 nitrogen and oxygen atoms in total. The number of halogens is 5. The second kappa shape index (κ2) is 8.95. The number of hydrogen-bond donors (Lipinski definition) is 2. The molecule has 0 fully saturated rings. The van der Waals surface area contributed by atoms with Gasteiger partial charge in [-0.1, -0.05) is 12.1 Å². The quantitative estimate of drug-likeness (QED) is 0.312. The first kappa shape index (κ1) is 21.9. The Morgan fingerprint density at radius 1 is 1.20 bits per heavy atom. The van der Waals surface area contributed by atoms with Crippen molar-refractivity contribution in [1.29, 1.82) is 0 Å². The van der Waals surface area contributed by atoms with Crippen LogP contribution in [0.25, 0.3) is 0 Å². The minimum Gasteiger partial charge on any atom is -0.460 e. The fourth-order valence-corrected chi connectivity index (χ4v) is 3.53. The van der Waals surface area contributed by atoms with Crippen LogP contribution < -0.4 is 10.6 Å². The van der Waals surface area contributed by atoms with Gasteiger partial charge in [0.2, 0.25) is 0 Å². The normalized spacial score (nSPS) is 15.4. The van der Waals surface area contributed by atoms with Crippen LogP contribution in [0.4, 0.5) is 22.0 Å². The number of carbonyl (C=O) groups is 1. The molecule has 1 aliphatic rings. The third-order valence-corrected chi connectivity index (χ3v) is 4.91. The number of rotatable bonds is 5. The van der Waals surface area contributed by atoms with Crippen LogP contribution in [-0.4, -0.2) is 24.2 Å². The number of fused-ring (bicyclic) bond motifs is 1. The van der Waals surface area contributed by atoms with E-state index in [1.807, 2.05) is 6.07 Å². The van der Waals surface area contributed by atoms with Gasteiger partial charge in [0.15, 0.2) is 5.11 Å². The van der Waals surface area contributed by atoms with Gasteiger partial charge in [-0.15, -0.1) is 0 Å². The summed E-state index contributed by atoms with van der Waals surface area (Å²) in [5, 5.41) is 6.06. The SMILES string of the molecule is O=C(OCCNC(=S)NC1CCc2c(F)cccc21)c1ccc(F)cc1C(F)(F)F. The van der Waals surface area contributed by atoms with E-state index in [1.165, 1.54) is 6.07 Å². The van der Waals surface area contributed by atoms with Crippen LogP contribution in [0.15, 0.2) is 36.4 Å². The molecule has 0 spiro atoms. The fourth-order valence-electron chi connectivity index (χ4n) is 3.28. The number of hydrogen-bond acceptors (Lipinski definition) is 3. The molecule has 0 radical (unpaired) electrons. The Morgan fingerprint density at radius 2 is 1.97 bits per heavy atom. The van der Waals surface area contributed by atoms with Gasteiger partial charge < -0.3 is 15.4 Å². The van der Waals surface area contributed by atoms with E-state index >= 15 is 0 Å². The zero-order valence-corrected chi connectivity index (χ0v) is 16.3. The van der Waals surface area contributed by atoms with Crippen molar-refractivity contribution in [3.05, 3.63) is 70.3 Å². The molecule has 0 saturated carbocycles. The molecule has 10 heteroatoms. The van der Waals surface area contributed by atoms with Crippen LogP contribution in [-0.2, 0) is 17.3 Å². The molecule has 1 aliphatic carbocycles. The minimum absolute atomic E-state index is 0.0445. The summed E-state index contributed by atoms with van der Waals surface area (Å²) < 4.78 is 70.6. The predicted octanol–water partition coefficient (Wildman–Crippen LogP) is 4.29. The molecule has 2 aromatic carbocycles. The van der Waals surface area contributed by atoms with Crippen molar-refractivity contribution in [2.75, 3.05) is 13.2 Å². The van der Waals surface area contributed by atoms with E-state index < -0.39 is 29.1 Å². The fraction of sp³-hybridized carbons (Fsp3) is 0.300. The Morgan fingerprint density at radius 3 is 2.70 bits per heavy atom. The number of nitrogens with one attached hydrogen (secondary N) is 2. The lowest BCUT2D eigenvalue weighted by Crippen LogP contribution is -2.38. The Hall–Kier alpha value is -2.75. The van der Waals surface area contributed by atoms with Gasteiger partial charge >= 0.3 is 12.1 Å². The van der Waals surface area contributed by atoms with E-state index in [-0.39, 0.29) is 36.2 Å². The maximum Gasteiger partial charge on any atom is 0.417 e. The Kier molecular flexibility index (Phi) is 6.55. The lowest BCUT2D eigenvalue weighted by Gasteiger charge is -2.17. The van der Waals surface area contributed by atoms with Crippen LogP contribution in [0.2, 0.25) is 0 Å². The molecular weight excluding hydrogens is 427 g/mol. The zero-order valence-electron chi connectivity index (χ0n) is 15.5. The van der Waals surface area contributed by atoms with Crippen molar-refractivity contribution in [3.8, 4) is 0 Å². The second-order valence-electron chi connectivity index (χ2n) is 6.62. The van der Waals surface area contributed by atoms with E-state index in [4.69, 9.17) is 17.0 Å². The molecule has 30 heavy (non-hydrogen) atoms. The summed E-state index contributed by atoms with van der Waals surface area (Å²) >= 11 is 5.16. The molecular formula is C20H17F5N2O2S. The van der Waals surface area contributed by atoms with Gasteiger partial charge in [0.25, 0.3) is 0 Å². The third kappa shape index (κ3) is 5.05. The van der Waals surface area contributed by atoms with E-state index in [9.17, 15) is 26.7 Å². The van der Waals surface area contributed by atoms with Crippen molar-refractivity contribution in [2.24, 2.45) is 0 Å². The first-order chi connectivity index (χ1) is 14.2. The Bertz CT molecular complexity index is 965. The molecule has 1 unspecified atom stereocenters. The van der Waals surface area contributed by atoms with Gasteiger partial charge in [-0.2, -0.15) is 13.2 Å². The average molecular weight is 444 g/mol. The first-order valence-corrected chi connectivity index (χ1v) is 9.43. The standard InChI is InChI=1S/C20H17F5N2O2S/c21-11-4-5-14(15(10-11)20(23,24)25)18(28)29-9-8-26-19(30)27-17-7-6-12-13(17)2-1-3-16(12)22/h1-5,10,17H,6-9H2,(H2,26,27,30). The smallest absolute Gasteiger partial charge is 0.417 e. The summed E-state index contributed by atoms with van der Waals surface area (Å²) in [6, 6.07) is 6.41. The zero-order chi connectivity index (χ0) is 21.9. The van der Waals surface area contributed by atoms with Crippen LogP contribution >= 0.6 is 12.2 Å². The van der Waals surface area contributed by atoms with Crippen LogP contribution in [0.3, 0.4) is 0 Å². The number of ether oxygens (including phenoxy) is 1. The molecule has 1 atom stereocenters. The van der Waals surface area contributed by atoms with Gasteiger partial charge in [0, 0.05) is 0 Å². The number of benzene rings is 2. The van der Waals surface area contributed by atoms with Crippen LogP contribution in [0.1, 0.15) is 39.5 Å². The topological polar surface area (TPSA) is 50.4 Å². The number of alkyl halides is 3. The van der Waals surface area contributed by atoms with Gasteiger partial charge in [-0.25, -0.2) is 13.6 Å². The van der Waals surface area contributed by atoms with Crippen molar-refractivity contribution in [1.82, 2.24) is 10.6 Å². The summed E-state index contributed by atoms with van der Waals surface area (Å²) in [4.78, 5) is 12.0. The molecule has 0 bridgehead atoms. The highest BCUT2D eigenvalue weighted by Gasteiger charge is 2.36. The molecule has 0 saturated heterocycles. The van der Waals surface area contributed by atoms with E-state index in [0.29, 0.717) is 18.4 Å². The van der Waals surface area contributed by atoms with Gasteiger partial charge in [0.1, 0.15) is 18.2 Å². The Labute approximate surface area is 174 Å². The predicted molar refractivity (Wildman–Crippen MR) is 103 cm³/mol. The van der Waals surface area contributed by atoms with Gasteiger partial charge in [0.05, 0.1) is 23.7 Å². The van der Waals surface area contributed by atoms with Crippen LogP contribution in [0.5, 0.6) is 0 Å². The van der Waals surface area contributed by atoms with E-state index in [1.54, 1.807) is 6.07 Å². The molecule has 2 aromatic rings. The third-order valence-electron chi connectivity index (χ3n) is 4.65. The summed E-state index contributed by atoms with van der Waals surface area (Å²) in [5.41, 5.74) is -0.702. The highest BCUT2D eigenvalue weighted by molar-refractivity contribution is 7.80. The highest BCUT2D eigenvalue weighted by atomic mass is 32.1.